The molecule has 0 bridgehead atoms. The zero-order valence-electron chi connectivity index (χ0n) is 10.8. The van der Waals surface area contributed by atoms with E-state index in [0.29, 0.717) is 16.9 Å². The summed E-state index contributed by atoms with van der Waals surface area (Å²) in [7, 11) is -1.15. The second kappa shape index (κ2) is 5.38. The highest BCUT2D eigenvalue weighted by Gasteiger charge is 2.27. The summed E-state index contributed by atoms with van der Waals surface area (Å²) in [6.07, 6.45) is 0. The van der Waals surface area contributed by atoms with Crippen molar-refractivity contribution in [2.75, 3.05) is 25.9 Å². The van der Waals surface area contributed by atoms with Crippen LogP contribution in [0.1, 0.15) is 18.5 Å². The van der Waals surface area contributed by atoms with Crippen molar-refractivity contribution >= 4 is 9.84 Å². The van der Waals surface area contributed by atoms with Crippen LogP contribution in [0.5, 0.6) is 0 Å². The average molecular weight is 268 g/mol. The van der Waals surface area contributed by atoms with Crippen molar-refractivity contribution in [2.45, 2.75) is 17.9 Å². The number of sulfone groups is 1. The Hall–Kier alpha value is -0.910. The summed E-state index contributed by atoms with van der Waals surface area (Å²) in [6.45, 7) is 3.70. The minimum Gasteiger partial charge on any atom is -0.316 e. The molecule has 1 atom stereocenters. The van der Waals surface area contributed by atoms with Crippen molar-refractivity contribution in [2.24, 2.45) is 5.92 Å². The van der Waals surface area contributed by atoms with Gasteiger partial charge in [0.25, 0.3) is 0 Å². The molecule has 0 spiro atoms. The van der Waals surface area contributed by atoms with Gasteiger partial charge in [0.1, 0.15) is 0 Å². The molecule has 1 aromatic rings. The first-order valence-electron chi connectivity index (χ1n) is 6.29. The summed E-state index contributed by atoms with van der Waals surface area (Å²) in [5.74, 6) is 0.734. The van der Waals surface area contributed by atoms with Crippen LogP contribution in [0, 0.1) is 5.92 Å². The van der Waals surface area contributed by atoms with Crippen LogP contribution in [-0.2, 0) is 9.84 Å². The summed E-state index contributed by atoms with van der Waals surface area (Å²) in [4.78, 5) is 0.412. The van der Waals surface area contributed by atoms with Crippen LogP contribution in [0.3, 0.4) is 0 Å². The maximum atomic E-state index is 11.7. The highest BCUT2D eigenvalue weighted by atomic mass is 32.2. The Morgan fingerprint density at radius 2 is 1.94 bits per heavy atom. The molecule has 2 N–H and O–H groups in total. The standard InChI is InChI=1S/C13H20N2O2S/c1-3-18(16,17)12-6-4-10(5-7-12)13(14-2)11-8-15-9-11/h4-7,11,13-15H,3,8-9H2,1-2H3. The third kappa shape index (κ3) is 2.58. The lowest BCUT2D eigenvalue weighted by Gasteiger charge is -2.34. The fraction of sp³-hybridized carbons (Fsp3) is 0.538. The molecule has 0 saturated carbocycles. The molecule has 0 radical (unpaired) electrons. The van der Waals surface area contributed by atoms with Crippen LogP contribution in [0.15, 0.2) is 29.2 Å². The molecule has 18 heavy (non-hydrogen) atoms. The Bertz CT molecular complexity index is 492. The number of hydrogen-bond acceptors (Lipinski definition) is 4. The number of hydrogen-bond donors (Lipinski definition) is 2. The normalized spacial score (nSPS) is 18.3. The first-order chi connectivity index (χ1) is 8.58. The summed E-state index contributed by atoms with van der Waals surface area (Å²) in [6, 6.07) is 7.56. The summed E-state index contributed by atoms with van der Waals surface area (Å²) in [5, 5.41) is 6.56. The monoisotopic (exact) mass is 268 g/mol. The van der Waals surface area contributed by atoms with Crippen LogP contribution in [-0.4, -0.2) is 34.3 Å². The Labute approximate surface area is 109 Å². The Morgan fingerprint density at radius 3 is 2.33 bits per heavy atom. The summed E-state index contributed by atoms with van der Waals surface area (Å²) in [5.41, 5.74) is 1.15. The zero-order valence-corrected chi connectivity index (χ0v) is 11.6. The molecule has 0 aromatic heterocycles. The van der Waals surface area contributed by atoms with Crippen molar-refractivity contribution in [3.63, 3.8) is 0 Å². The number of nitrogens with one attached hydrogen (secondary N) is 2. The van der Waals surface area contributed by atoms with E-state index in [4.69, 9.17) is 0 Å². The van der Waals surface area contributed by atoms with E-state index in [-0.39, 0.29) is 5.75 Å². The van der Waals surface area contributed by atoms with Crippen LogP contribution in [0.25, 0.3) is 0 Å². The van der Waals surface area contributed by atoms with E-state index in [2.05, 4.69) is 10.6 Å². The lowest BCUT2D eigenvalue weighted by molar-refractivity contribution is 0.268. The van der Waals surface area contributed by atoms with Gasteiger partial charge < -0.3 is 10.6 Å². The first kappa shape index (κ1) is 13.5. The van der Waals surface area contributed by atoms with E-state index in [1.165, 1.54) is 0 Å². The van der Waals surface area contributed by atoms with Gasteiger partial charge in [-0.2, -0.15) is 0 Å². The van der Waals surface area contributed by atoms with Gasteiger partial charge in [-0.25, -0.2) is 8.42 Å². The third-order valence-electron chi connectivity index (χ3n) is 3.57. The molecule has 1 unspecified atom stereocenters. The lowest BCUT2D eigenvalue weighted by Crippen LogP contribution is -2.48. The molecule has 100 valence electrons. The minimum atomic E-state index is -3.09. The molecule has 1 heterocycles. The van der Waals surface area contributed by atoms with Crippen LogP contribution in [0.4, 0.5) is 0 Å². The Morgan fingerprint density at radius 1 is 1.33 bits per heavy atom. The largest absolute Gasteiger partial charge is 0.316 e. The highest BCUT2D eigenvalue weighted by molar-refractivity contribution is 7.91. The second-order valence-corrected chi connectivity index (χ2v) is 6.94. The fourth-order valence-corrected chi connectivity index (χ4v) is 3.15. The third-order valence-corrected chi connectivity index (χ3v) is 5.32. The molecule has 1 aliphatic rings. The quantitative estimate of drug-likeness (QED) is 0.835. The summed E-state index contributed by atoms with van der Waals surface area (Å²) >= 11 is 0. The molecule has 5 heteroatoms. The van der Waals surface area contributed by atoms with E-state index in [0.717, 1.165) is 18.7 Å². The first-order valence-corrected chi connectivity index (χ1v) is 7.94. The molecular weight excluding hydrogens is 248 g/mol. The van der Waals surface area contributed by atoms with Crippen molar-refractivity contribution in [1.82, 2.24) is 10.6 Å². The molecule has 1 aliphatic heterocycles. The van der Waals surface area contributed by atoms with Crippen LogP contribution >= 0.6 is 0 Å². The highest BCUT2D eigenvalue weighted by Crippen LogP contribution is 2.25. The van der Waals surface area contributed by atoms with Gasteiger partial charge in [-0.15, -0.1) is 0 Å². The predicted octanol–water partition coefficient (Wildman–Crippen LogP) is 0.960. The van der Waals surface area contributed by atoms with Gasteiger partial charge >= 0.3 is 0 Å². The van der Waals surface area contributed by atoms with E-state index >= 15 is 0 Å². The van der Waals surface area contributed by atoms with E-state index in [1.807, 2.05) is 19.2 Å². The molecule has 4 nitrogen and oxygen atoms in total. The van der Waals surface area contributed by atoms with E-state index in [9.17, 15) is 8.42 Å². The smallest absolute Gasteiger partial charge is 0.178 e. The summed E-state index contributed by atoms with van der Waals surface area (Å²) < 4.78 is 23.5. The molecule has 1 aromatic carbocycles. The van der Waals surface area contributed by atoms with Gasteiger partial charge in [-0.1, -0.05) is 19.1 Å². The topological polar surface area (TPSA) is 58.2 Å². The molecule has 0 amide bonds. The SMILES string of the molecule is CCS(=O)(=O)c1ccc(C(NC)C2CNC2)cc1. The fourth-order valence-electron chi connectivity index (χ4n) is 2.27. The average Bonchev–Trinajstić information content (AvgIpc) is 2.33. The second-order valence-electron chi connectivity index (χ2n) is 4.66. The molecule has 1 fully saturated rings. The van der Waals surface area contributed by atoms with Gasteiger partial charge in [0.15, 0.2) is 9.84 Å². The maximum absolute atomic E-state index is 11.7. The van der Waals surface area contributed by atoms with Gasteiger partial charge in [0, 0.05) is 25.0 Å². The van der Waals surface area contributed by atoms with Crippen LogP contribution < -0.4 is 10.6 Å². The van der Waals surface area contributed by atoms with Gasteiger partial charge in [0.05, 0.1) is 10.6 Å². The van der Waals surface area contributed by atoms with Gasteiger partial charge in [-0.05, 0) is 24.7 Å². The van der Waals surface area contributed by atoms with Crippen molar-refractivity contribution in [3.8, 4) is 0 Å². The lowest BCUT2D eigenvalue weighted by atomic mass is 9.89. The van der Waals surface area contributed by atoms with Gasteiger partial charge in [0.2, 0.25) is 0 Å². The van der Waals surface area contributed by atoms with Gasteiger partial charge in [-0.3, -0.25) is 0 Å². The number of benzene rings is 1. The van der Waals surface area contributed by atoms with Crippen LogP contribution in [0.2, 0.25) is 0 Å². The van der Waals surface area contributed by atoms with E-state index < -0.39 is 9.84 Å². The van der Waals surface area contributed by atoms with E-state index in [1.54, 1.807) is 19.1 Å². The molecule has 2 rings (SSSR count). The molecular formula is C13H20N2O2S. The predicted molar refractivity (Wildman–Crippen MR) is 72.3 cm³/mol. The Kier molecular flexibility index (Phi) is 4.04. The number of rotatable bonds is 5. The molecule has 1 saturated heterocycles. The zero-order chi connectivity index (χ0) is 13.2. The minimum absolute atomic E-state index is 0.147. The molecule has 0 aliphatic carbocycles. The van der Waals surface area contributed by atoms with Crippen molar-refractivity contribution < 1.29 is 8.42 Å². The van der Waals surface area contributed by atoms with Crippen molar-refractivity contribution in [1.29, 1.82) is 0 Å². The Balaban J connectivity index is 2.21. The maximum Gasteiger partial charge on any atom is 0.178 e. The van der Waals surface area contributed by atoms with Crippen molar-refractivity contribution in [3.05, 3.63) is 29.8 Å².